The van der Waals surface area contributed by atoms with E-state index in [4.69, 9.17) is 0 Å². The molecule has 4 aromatic rings. The summed E-state index contributed by atoms with van der Waals surface area (Å²) >= 11 is 0. The lowest BCUT2D eigenvalue weighted by Gasteiger charge is -2.41. The van der Waals surface area contributed by atoms with E-state index in [0.29, 0.717) is 36.3 Å². The normalized spacial score (nSPS) is 17.6. The van der Waals surface area contributed by atoms with Crippen molar-refractivity contribution in [3.05, 3.63) is 106 Å². The Hall–Kier alpha value is -5.09. The fraction of sp³-hybridized carbons (Fsp3) is 0.375. The molecule has 0 aliphatic carbocycles. The standard InChI is InChI=1S/C40H45N5O5/c1-26-34(38(47)42(3)31-11-13-33(46)14-12-31)22-37(41(26)2)35-20-28-15-18-44(40(49)50)23-30(28)21-36(35)39(48)45-24-29-10-6-5-9-27(29)19-32(45)25-43-16-7-4-8-17-43/h5-6,9-14,20-22,32,46H,4,7-8,15-19,23-25H2,1-3H3,(H,49,50)/t32-/m0/s1. The van der Waals surface area contributed by atoms with Crippen LogP contribution in [0, 0.1) is 6.92 Å². The van der Waals surface area contributed by atoms with Crippen LogP contribution in [-0.2, 0) is 33.0 Å². The third-order valence-corrected chi connectivity index (χ3v) is 11.0. The average Bonchev–Trinajstić information content (AvgIpc) is 3.43. The molecule has 3 aliphatic heterocycles. The average molecular weight is 676 g/mol. The molecule has 1 aromatic heterocycles. The number of nitrogens with zero attached hydrogens (tertiary/aromatic N) is 5. The molecule has 0 unspecified atom stereocenters. The summed E-state index contributed by atoms with van der Waals surface area (Å²) in [6.45, 7) is 5.88. The molecule has 1 fully saturated rings. The number of rotatable bonds is 6. The number of carbonyl (C=O) groups excluding carboxylic acids is 2. The molecule has 260 valence electrons. The van der Waals surface area contributed by atoms with E-state index in [1.165, 1.54) is 29.7 Å². The number of carbonyl (C=O) groups is 3. The van der Waals surface area contributed by atoms with Crippen molar-refractivity contribution in [2.75, 3.05) is 38.1 Å². The first-order chi connectivity index (χ1) is 24.1. The van der Waals surface area contributed by atoms with Gasteiger partial charge in [0, 0.05) is 74.5 Å². The fourth-order valence-electron chi connectivity index (χ4n) is 7.89. The Morgan fingerprint density at radius 3 is 2.28 bits per heavy atom. The molecule has 3 aliphatic rings. The van der Waals surface area contributed by atoms with E-state index < -0.39 is 6.09 Å². The number of hydrogen-bond donors (Lipinski definition) is 2. The number of piperidine rings is 1. The van der Waals surface area contributed by atoms with Gasteiger partial charge in [-0.3, -0.25) is 9.59 Å². The maximum Gasteiger partial charge on any atom is 0.407 e. The summed E-state index contributed by atoms with van der Waals surface area (Å²) in [7, 11) is 3.62. The molecule has 0 spiro atoms. The lowest BCUT2D eigenvalue weighted by atomic mass is 9.89. The Bertz CT molecular complexity index is 1940. The summed E-state index contributed by atoms with van der Waals surface area (Å²) in [4.78, 5) is 48.5. The maximum atomic E-state index is 15.1. The summed E-state index contributed by atoms with van der Waals surface area (Å²) < 4.78 is 1.97. The molecular formula is C40H45N5O5. The van der Waals surface area contributed by atoms with E-state index >= 15 is 4.79 Å². The van der Waals surface area contributed by atoms with Crippen molar-refractivity contribution in [3.63, 3.8) is 0 Å². The molecule has 10 heteroatoms. The molecule has 1 saturated heterocycles. The Morgan fingerprint density at radius 1 is 0.840 bits per heavy atom. The third kappa shape index (κ3) is 6.35. The lowest BCUT2D eigenvalue weighted by Crippen LogP contribution is -2.51. The molecule has 50 heavy (non-hydrogen) atoms. The molecule has 3 aromatic carbocycles. The summed E-state index contributed by atoms with van der Waals surface area (Å²) in [5.41, 5.74) is 8.21. The number of phenolic OH excluding ortho intramolecular Hbond substituents is 1. The van der Waals surface area contributed by atoms with E-state index in [1.54, 1.807) is 36.2 Å². The first kappa shape index (κ1) is 33.4. The van der Waals surface area contributed by atoms with Crippen LogP contribution in [0.15, 0.2) is 66.7 Å². The van der Waals surface area contributed by atoms with Crippen LogP contribution in [0.5, 0.6) is 5.75 Å². The number of hydrogen-bond acceptors (Lipinski definition) is 5. The van der Waals surface area contributed by atoms with Crippen LogP contribution in [0.3, 0.4) is 0 Å². The largest absolute Gasteiger partial charge is 0.508 e. The highest BCUT2D eigenvalue weighted by atomic mass is 16.4. The topological polar surface area (TPSA) is 110 Å². The number of carboxylic acid groups (broad SMARTS) is 1. The molecule has 10 nitrogen and oxygen atoms in total. The predicted octanol–water partition coefficient (Wildman–Crippen LogP) is 6.07. The Labute approximate surface area is 293 Å². The molecule has 1 atom stereocenters. The van der Waals surface area contributed by atoms with E-state index in [0.717, 1.165) is 59.7 Å². The maximum absolute atomic E-state index is 15.1. The molecular weight excluding hydrogens is 630 g/mol. The first-order valence-corrected chi connectivity index (χ1v) is 17.6. The van der Waals surface area contributed by atoms with Gasteiger partial charge in [0.1, 0.15) is 5.75 Å². The van der Waals surface area contributed by atoms with Crippen molar-refractivity contribution < 1.29 is 24.6 Å². The highest BCUT2D eigenvalue weighted by Crippen LogP contribution is 2.36. The van der Waals surface area contributed by atoms with Gasteiger partial charge in [-0.25, -0.2) is 4.79 Å². The molecule has 2 N–H and O–H groups in total. The lowest BCUT2D eigenvalue weighted by molar-refractivity contribution is 0.0566. The zero-order valence-electron chi connectivity index (χ0n) is 29.1. The van der Waals surface area contributed by atoms with Gasteiger partial charge in [-0.2, -0.15) is 0 Å². The molecule has 4 heterocycles. The van der Waals surface area contributed by atoms with Gasteiger partial charge in [-0.15, -0.1) is 0 Å². The minimum Gasteiger partial charge on any atom is -0.508 e. The van der Waals surface area contributed by atoms with Gasteiger partial charge in [-0.1, -0.05) is 30.7 Å². The number of likely N-dealkylation sites (tertiary alicyclic amines) is 1. The van der Waals surface area contributed by atoms with Gasteiger partial charge in [0.15, 0.2) is 0 Å². The Morgan fingerprint density at radius 2 is 1.56 bits per heavy atom. The summed E-state index contributed by atoms with van der Waals surface area (Å²) in [5.74, 6) is -0.161. The summed E-state index contributed by atoms with van der Waals surface area (Å²) in [6, 6.07) is 20.7. The summed E-state index contributed by atoms with van der Waals surface area (Å²) in [5, 5.41) is 19.6. The molecule has 7 rings (SSSR count). The number of amides is 3. The number of aromatic hydroxyl groups is 1. The number of fused-ring (bicyclic) bond motifs is 2. The second-order valence-electron chi connectivity index (χ2n) is 14.0. The van der Waals surface area contributed by atoms with Crippen molar-refractivity contribution in [1.82, 2.24) is 19.3 Å². The van der Waals surface area contributed by atoms with E-state index in [9.17, 15) is 19.8 Å². The number of phenols is 1. The second kappa shape index (κ2) is 13.7. The molecule has 0 bridgehead atoms. The van der Waals surface area contributed by atoms with E-state index in [2.05, 4.69) is 23.1 Å². The van der Waals surface area contributed by atoms with Crippen LogP contribution >= 0.6 is 0 Å². The monoisotopic (exact) mass is 675 g/mol. The summed E-state index contributed by atoms with van der Waals surface area (Å²) in [6.07, 6.45) is 3.92. The van der Waals surface area contributed by atoms with Crippen LogP contribution < -0.4 is 4.90 Å². The predicted molar refractivity (Wildman–Crippen MR) is 193 cm³/mol. The van der Waals surface area contributed by atoms with E-state index in [1.807, 2.05) is 47.7 Å². The van der Waals surface area contributed by atoms with Crippen LogP contribution in [0.25, 0.3) is 11.3 Å². The van der Waals surface area contributed by atoms with Crippen LogP contribution in [-0.4, -0.2) is 86.7 Å². The molecule has 3 amide bonds. The smallest absolute Gasteiger partial charge is 0.407 e. The van der Waals surface area contributed by atoms with Gasteiger partial charge in [-0.05, 0) is 110 Å². The van der Waals surface area contributed by atoms with Crippen LogP contribution in [0.4, 0.5) is 10.5 Å². The van der Waals surface area contributed by atoms with Crippen molar-refractivity contribution in [2.24, 2.45) is 7.05 Å². The second-order valence-corrected chi connectivity index (χ2v) is 14.0. The molecule has 0 saturated carbocycles. The molecule has 0 radical (unpaired) electrons. The number of aromatic nitrogens is 1. The minimum absolute atomic E-state index is 0.0128. The van der Waals surface area contributed by atoms with Gasteiger partial charge in [0.2, 0.25) is 0 Å². The van der Waals surface area contributed by atoms with Gasteiger partial charge >= 0.3 is 6.09 Å². The quantitative estimate of drug-likeness (QED) is 0.257. The van der Waals surface area contributed by atoms with Crippen LogP contribution in [0.2, 0.25) is 0 Å². The van der Waals surface area contributed by atoms with Gasteiger partial charge in [0.25, 0.3) is 11.8 Å². The highest BCUT2D eigenvalue weighted by Gasteiger charge is 2.35. The third-order valence-electron chi connectivity index (χ3n) is 11.0. The first-order valence-electron chi connectivity index (χ1n) is 17.6. The highest BCUT2D eigenvalue weighted by molar-refractivity contribution is 6.08. The number of anilines is 1. The number of benzene rings is 3. The Balaban J connectivity index is 1.31. The van der Waals surface area contributed by atoms with Crippen molar-refractivity contribution in [2.45, 2.75) is 58.2 Å². The zero-order chi connectivity index (χ0) is 35.1. The fourth-order valence-corrected chi connectivity index (χ4v) is 7.89. The van der Waals surface area contributed by atoms with Gasteiger partial charge < -0.3 is 34.4 Å². The van der Waals surface area contributed by atoms with Crippen LogP contribution in [0.1, 0.15) is 67.9 Å². The van der Waals surface area contributed by atoms with Crippen molar-refractivity contribution in [3.8, 4) is 17.0 Å². The van der Waals surface area contributed by atoms with E-state index in [-0.39, 0.29) is 30.2 Å². The zero-order valence-corrected chi connectivity index (χ0v) is 29.1. The SMILES string of the molecule is Cc1c(C(=O)N(C)c2ccc(O)cc2)cc(-c2cc3c(cc2C(=O)N2Cc4ccccc4C[C@H]2CN2CCCCC2)CN(C(=O)O)CC3)n1C. The Kier molecular flexibility index (Phi) is 9.13. The van der Waals surface area contributed by atoms with Crippen molar-refractivity contribution in [1.29, 1.82) is 0 Å². The minimum atomic E-state index is -0.971. The van der Waals surface area contributed by atoms with Gasteiger partial charge in [0.05, 0.1) is 5.56 Å². The van der Waals surface area contributed by atoms with Crippen molar-refractivity contribution >= 4 is 23.6 Å².